The van der Waals surface area contributed by atoms with Crippen molar-refractivity contribution in [2.75, 3.05) is 18.4 Å². The van der Waals surface area contributed by atoms with Gasteiger partial charge in [-0.3, -0.25) is 14.3 Å². The zero-order chi connectivity index (χ0) is 20.7. The van der Waals surface area contributed by atoms with Crippen LogP contribution in [0.25, 0.3) is 0 Å². The Bertz CT molecular complexity index is 942. The fourth-order valence-electron chi connectivity index (χ4n) is 2.35. The number of ether oxygens (including phenoxy) is 1. The monoisotopic (exact) mass is 405 g/mol. The first-order chi connectivity index (χ1) is 13.3. The molecule has 0 spiro atoms. The second kappa shape index (κ2) is 9.23. The van der Waals surface area contributed by atoms with Crippen molar-refractivity contribution in [3.05, 3.63) is 54.1 Å². The van der Waals surface area contributed by atoms with Gasteiger partial charge in [-0.25, -0.2) is 8.42 Å². The van der Waals surface area contributed by atoms with E-state index in [0.29, 0.717) is 18.0 Å². The maximum atomic E-state index is 12.6. The lowest BCUT2D eigenvalue weighted by molar-refractivity contribution is -0.122. The van der Waals surface area contributed by atoms with Crippen molar-refractivity contribution in [1.82, 2.24) is 10.6 Å². The SMILES string of the molecule is CCNC(=O)[C@@H](C)NC(=O)c1cccc(S(=O)(=O)Nc2ccc(OC)cc2)c1. The summed E-state index contributed by atoms with van der Waals surface area (Å²) >= 11 is 0. The molecule has 8 nitrogen and oxygen atoms in total. The lowest BCUT2D eigenvalue weighted by Gasteiger charge is -2.14. The largest absolute Gasteiger partial charge is 0.497 e. The first-order valence-corrected chi connectivity index (χ1v) is 10.1. The molecule has 9 heteroatoms. The summed E-state index contributed by atoms with van der Waals surface area (Å²) in [5.41, 5.74) is 0.495. The molecule has 2 aromatic carbocycles. The molecule has 0 aliphatic heterocycles. The number of carbonyl (C=O) groups excluding carboxylic acids is 2. The molecular formula is C19H23N3O5S. The minimum Gasteiger partial charge on any atom is -0.497 e. The Balaban J connectivity index is 2.16. The topological polar surface area (TPSA) is 114 Å². The minimum absolute atomic E-state index is 0.0679. The zero-order valence-electron chi connectivity index (χ0n) is 15.9. The Labute approximate surface area is 164 Å². The van der Waals surface area contributed by atoms with Gasteiger partial charge in [0.25, 0.3) is 15.9 Å². The number of rotatable bonds is 8. The third-order valence-corrected chi connectivity index (χ3v) is 5.22. The molecule has 0 bridgehead atoms. The van der Waals surface area contributed by atoms with E-state index < -0.39 is 22.0 Å². The van der Waals surface area contributed by atoms with Crippen LogP contribution in [0, 0.1) is 0 Å². The summed E-state index contributed by atoms with van der Waals surface area (Å²) in [5, 5.41) is 5.15. The van der Waals surface area contributed by atoms with Crippen LogP contribution in [0.4, 0.5) is 5.69 Å². The molecule has 2 amide bonds. The van der Waals surface area contributed by atoms with Crippen LogP contribution in [0.1, 0.15) is 24.2 Å². The fraction of sp³-hybridized carbons (Fsp3) is 0.263. The Morgan fingerprint density at radius 1 is 1.11 bits per heavy atom. The Kier molecular flexibility index (Phi) is 7.00. The highest BCUT2D eigenvalue weighted by molar-refractivity contribution is 7.92. The van der Waals surface area contributed by atoms with Gasteiger partial charge in [-0.2, -0.15) is 0 Å². The second-order valence-electron chi connectivity index (χ2n) is 5.95. The average Bonchev–Trinajstić information content (AvgIpc) is 2.68. The average molecular weight is 405 g/mol. The van der Waals surface area contributed by atoms with Crippen molar-refractivity contribution >= 4 is 27.5 Å². The number of methoxy groups -OCH3 is 1. The molecule has 0 fully saturated rings. The molecule has 150 valence electrons. The van der Waals surface area contributed by atoms with Gasteiger partial charge in [-0.1, -0.05) is 6.07 Å². The number of likely N-dealkylation sites (N-methyl/N-ethyl adjacent to an activating group) is 1. The summed E-state index contributed by atoms with van der Waals surface area (Å²) in [5.74, 6) is -0.260. The van der Waals surface area contributed by atoms with Gasteiger partial charge in [0.2, 0.25) is 5.91 Å². The quantitative estimate of drug-likeness (QED) is 0.619. The molecular weight excluding hydrogens is 382 g/mol. The molecule has 28 heavy (non-hydrogen) atoms. The third kappa shape index (κ3) is 5.46. The van der Waals surface area contributed by atoms with Crippen LogP contribution in [0.3, 0.4) is 0 Å². The van der Waals surface area contributed by atoms with Gasteiger partial charge in [-0.05, 0) is 56.3 Å². The molecule has 0 aliphatic carbocycles. The summed E-state index contributed by atoms with van der Waals surface area (Å²) in [4.78, 5) is 24.0. The number of anilines is 1. The summed E-state index contributed by atoms with van der Waals surface area (Å²) in [6, 6.07) is 11.2. The van der Waals surface area contributed by atoms with E-state index in [1.54, 1.807) is 38.1 Å². The standard InChI is InChI=1S/C19H23N3O5S/c1-4-20-18(23)13(2)21-19(24)14-6-5-7-17(12-14)28(25,26)22-15-8-10-16(27-3)11-9-15/h5-13,22H,4H2,1-3H3,(H,20,23)(H,21,24)/t13-/m1/s1. The summed E-state index contributed by atoms with van der Waals surface area (Å²) in [6.45, 7) is 3.77. The van der Waals surface area contributed by atoms with Crippen molar-refractivity contribution in [2.45, 2.75) is 24.8 Å². The van der Waals surface area contributed by atoms with E-state index in [1.165, 1.54) is 31.4 Å². The predicted octanol–water partition coefficient (Wildman–Crippen LogP) is 1.75. The van der Waals surface area contributed by atoms with Gasteiger partial charge < -0.3 is 15.4 Å². The smallest absolute Gasteiger partial charge is 0.261 e. The van der Waals surface area contributed by atoms with Crippen LogP contribution < -0.4 is 20.1 Å². The third-order valence-electron chi connectivity index (χ3n) is 3.84. The van der Waals surface area contributed by atoms with E-state index >= 15 is 0 Å². The molecule has 0 aliphatic rings. The molecule has 0 radical (unpaired) electrons. The lowest BCUT2D eigenvalue weighted by atomic mass is 10.2. The molecule has 0 saturated heterocycles. The number of nitrogens with one attached hydrogen (secondary N) is 3. The van der Waals surface area contributed by atoms with E-state index in [0.717, 1.165) is 0 Å². The summed E-state index contributed by atoms with van der Waals surface area (Å²) in [6.07, 6.45) is 0. The highest BCUT2D eigenvalue weighted by Gasteiger charge is 2.19. The highest BCUT2D eigenvalue weighted by Crippen LogP contribution is 2.20. The first kappa shape index (κ1) is 21.2. The Morgan fingerprint density at radius 2 is 1.79 bits per heavy atom. The number of sulfonamides is 1. The van der Waals surface area contributed by atoms with Crippen molar-refractivity contribution in [1.29, 1.82) is 0 Å². The van der Waals surface area contributed by atoms with Gasteiger partial charge in [0, 0.05) is 17.8 Å². The molecule has 0 saturated carbocycles. The van der Waals surface area contributed by atoms with E-state index in [2.05, 4.69) is 15.4 Å². The van der Waals surface area contributed by atoms with Gasteiger partial charge >= 0.3 is 0 Å². The molecule has 0 heterocycles. The van der Waals surface area contributed by atoms with E-state index in [9.17, 15) is 18.0 Å². The summed E-state index contributed by atoms with van der Waals surface area (Å²) in [7, 11) is -2.38. The summed E-state index contributed by atoms with van der Waals surface area (Å²) < 4.78 is 32.7. The highest BCUT2D eigenvalue weighted by atomic mass is 32.2. The van der Waals surface area contributed by atoms with Crippen molar-refractivity contribution < 1.29 is 22.7 Å². The number of carbonyl (C=O) groups is 2. The molecule has 1 atom stereocenters. The van der Waals surface area contributed by atoms with Crippen LogP contribution >= 0.6 is 0 Å². The van der Waals surface area contributed by atoms with Gasteiger partial charge in [-0.15, -0.1) is 0 Å². The molecule has 0 unspecified atom stereocenters. The van der Waals surface area contributed by atoms with Crippen LogP contribution in [0.5, 0.6) is 5.75 Å². The number of amides is 2. The van der Waals surface area contributed by atoms with E-state index in [1.807, 2.05) is 0 Å². The van der Waals surface area contributed by atoms with Crippen molar-refractivity contribution in [3.8, 4) is 5.75 Å². The van der Waals surface area contributed by atoms with E-state index in [-0.39, 0.29) is 16.4 Å². The minimum atomic E-state index is -3.89. The predicted molar refractivity (Wildman–Crippen MR) is 106 cm³/mol. The molecule has 2 aromatic rings. The van der Waals surface area contributed by atoms with Gasteiger partial charge in [0.15, 0.2) is 0 Å². The number of benzene rings is 2. The van der Waals surface area contributed by atoms with Gasteiger partial charge in [0.1, 0.15) is 11.8 Å². The molecule has 2 rings (SSSR count). The van der Waals surface area contributed by atoms with Crippen LogP contribution in [0.2, 0.25) is 0 Å². The van der Waals surface area contributed by atoms with Crippen LogP contribution in [-0.4, -0.2) is 39.9 Å². The number of hydrogen-bond donors (Lipinski definition) is 3. The van der Waals surface area contributed by atoms with Crippen LogP contribution in [0.15, 0.2) is 53.4 Å². The zero-order valence-corrected chi connectivity index (χ0v) is 16.7. The van der Waals surface area contributed by atoms with E-state index in [4.69, 9.17) is 4.74 Å². The lowest BCUT2D eigenvalue weighted by Crippen LogP contribution is -2.44. The Hall–Kier alpha value is -3.07. The normalized spacial score (nSPS) is 12.0. The second-order valence-corrected chi connectivity index (χ2v) is 7.63. The molecule has 3 N–H and O–H groups in total. The molecule has 0 aromatic heterocycles. The van der Waals surface area contributed by atoms with Gasteiger partial charge in [0.05, 0.1) is 12.0 Å². The maximum absolute atomic E-state index is 12.6. The number of hydrogen-bond acceptors (Lipinski definition) is 5. The first-order valence-electron chi connectivity index (χ1n) is 8.62. The van der Waals surface area contributed by atoms with Crippen molar-refractivity contribution in [3.63, 3.8) is 0 Å². The maximum Gasteiger partial charge on any atom is 0.261 e. The van der Waals surface area contributed by atoms with Crippen LogP contribution in [-0.2, 0) is 14.8 Å². The van der Waals surface area contributed by atoms with Crippen molar-refractivity contribution in [2.24, 2.45) is 0 Å². The Morgan fingerprint density at radius 3 is 2.39 bits per heavy atom. The fourth-order valence-corrected chi connectivity index (χ4v) is 3.45.